The zero-order valence-corrected chi connectivity index (χ0v) is 13.5. The van der Waals surface area contributed by atoms with E-state index in [0.717, 1.165) is 22.8 Å². The van der Waals surface area contributed by atoms with Gasteiger partial charge in [-0.3, -0.25) is 14.5 Å². The molecule has 0 unspecified atom stereocenters. The number of hydrogen-bond donors (Lipinski definition) is 1. The number of benzene rings is 1. The van der Waals surface area contributed by atoms with Crippen molar-refractivity contribution in [1.82, 2.24) is 9.55 Å². The van der Waals surface area contributed by atoms with E-state index in [1.54, 1.807) is 49.9 Å². The molecule has 3 aromatic rings. The van der Waals surface area contributed by atoms with Gasteiger partial charge in [0.2, 0.25) is 10.0 Å². The van der Waals surface area contributed by atoms with Crippen LogP contribution < -0.4 is 10.3 Å². The molecule has 0 amide bonds. The molecule has 0 atom stereocenters. The van der Waals surface area contributed by atoms with Gasteiger partial charge in [-0.25, -0.2) is 8.42 Å². The second-order valence-electron chi connectivity index (χ2n) is 5.34. The summed E-state index contributed by atoms with van der Waals surface area (Å²) in [5, 5.41) is 1.30. The summed E-state index contributed by atoms with van der Waals surface area (Å²) < 4.78 is 26.7. The summed E-state index contributed by atoms with van der Waals surface area (Å²) in [5.41, 5.74) is 2.00. The lowest BCUT2D eigenvalue weighted by Gasteiger charge is -2.11. The normalized spacial score (nSPS) is 11.6. The minimum absolute atomic E-state index is 0.123. The summed E-state index contributed by atoms with van der Waals surface area (Å²) in [5.74, 6) is 0. The monoisotopic (exact) mass is 329 g/mol. The van der Waals surface area contributed by atoms with Crippen LogP contribution in [0.25, 0.3) is 21.9 Å². The van der Waals surface area contributed by atoms with E-state index < -0.39 is 10.0 Å². The van der Waals surface area contributed by atoms with Gasteiger partial charge in [-0.05, 0) is 29.1 Å². The zero-order chi connectivity index (χ0) is 16.6. The molecule has 3 rings (SSSR count). The summed E-state index contributed by atoms with van der Waals surface area (Å²) >= 11 is 0. The van der Waals surface area contributed by atoms with Gasteiger partial charge in [0.15, 0.2) is 0 Å². The molecule has 7 heteroatoms. The van der Waals surface area contributed by atoms with Crippen LogP contribution in [0.3, 0.4) is 0 Å². The van der Waals surface area contributed by atoms with E-state index in [1.807, 2.05) is 6.07 Å². The minimum atomic E-state index is -3.35. The van der Waals surface area contributed by atoms with E-state index in [9.17, 15) is 13.2 Å². The molecule has 0 fully saturated rings. The van der Waals surface area contributed by atoms with Gasteiger partial charge >= 0.3 is 0 Å². The number of anilines is 1. The van der Waals surface area contributed by atoms with Crippen molar-refractivity contribution in [2.24, 2.45) is 7.05 Å². The van der Waals surface area contributed by atoms with Crippen molar-refractivity contribution in [1.29, 1.82) is 0 Å². The van der Waals surface area contributed by atoms with Gasteiger partial charge in [0.1, 0.15) is 0 Å². The molecule has 23 heavy (non-hydrogen) atoms. The third-order valence-electron chi connectivity index (χ3n) is 3.46. The molecule has 6 nitrogen and oxygen atoms in total. The lowest BCUT2D eigenvalue weighted by atomic mass is 10.0. The molecule has 2 aromatic heterocycles. The number of aryl methyl sites for hydroxylation is 1. The minimum Gasteiger partial charge on any atom is -0.317 e. The molecule has 0 aliphatic carbocycles. The van der Waals surface area contributed by atoms with Crippen LogP contribution in [-0.4, -0.2) is 24.2 Å². The zero-order valence-electron chi connectivity index (χ0n) is 12.6. The Kier molecular flexibility index (Phi) is 3.65. The molecule has 1 N–H and O–H groups in total. The van der Waals surface area contributed by atoms with E-state index >= 15 is 0 Å². The van der Waals surface area contributed by atoms with Gasteiger partial charge in [-0.1, -0.05) is 12.1 Å². The Hall–Kier alpha value is -2.67. The second-order valence-corrected chi connectivity index (χ2v) is 7.08. The van der Waals surface area contributed by atoms with Gasteiger partial charge < -0.3 is 4.57 Å². The van der Waals surface area contributed by atoms with Crippen molar-refractivity contribution in [3.8, 4) is 11.1 Å². The molecule has 0 bridgehead atoms. The fraction of sp³-hybridized carbons (Fsp3) is 0.125. The summed E-state index contributed by atoms with van der Waals surface area (Å²) in [4.78, 5) is 16.2. The first-order valence-electron chi connectivity index (χ1n) is 6.87. The summed E-state index contributed by atoms with van der Waals surface area (Å²) in [7, 11) is -1.67. The van der Waals surface area contributed by atoms with E-state index in [-0.39, 0.29) is 5.56 Å². The molecule has 0 saturated carbocycles. The van der Waals surface area contributed by atoms with Crippen LogP contribution in [-0.2, 0) is 17.1 Å². The van der Waals surface area contributed by atoms with Crippen LogP contribution in [0, 0.1) is 0 Å². The van der Waals surface area contributed by atoms with Crippen LogP contribution in [0.4, 0.5) is 5.69 Å². The number of nitrogens with zero attached hydrogens (tertiary/aromatic N) is 2. The van der Waals surface area contributed by atoms with Crippen molar-refractivity contribution in [3.05, 3.63) is 59.3 Å². The first kappa shape index (κ1) is 15.2. The van der Waals surface area contributed by atoms with Crippen LogP contribution in [0.15, 0.2) is 53.7 Å². The van der Waals surface area contributed by atoms with E-state index in [4.69, 9.17) is 0 Å². The highest BCUT2D eigenvalue weighted by Crippen LogP contribution is 2.28. The van der Waals surface area contributed by atoms with Crippen molar-refractivity contribution >= 4 is 26.5 Å². The van der Waals surface area contributed by atoms with Crippen LogP contribution in [0.2, 0.25) is 0 Å². The van der Waals surface area contributed by atoms with Gasteiger partial charge in [-0.15, -0.1) is 0 Å². The average Bonchev–Trinajstić information content (AvgIpc) is 2.49. The smallest absolute Gasteiger partial charge is 0.259 e. The summed E-state index contributed by atoms with van der Waals surface area (Å²) in [6.45, 7) is 0. The highest BCUT2D eigenvalue weighted by Gasteiger charge is 2.10. The van der Waals surface area contributed by atoms with Crippen molar-refractivity contribution in [2.45, 2.75) is 0 Å². The first-order chi connectivity index (χ1) is 10.8. The standard InChI is InChI=1S/C16H15N3O3S/c1-19-10-15(13-6-7-17-9-14(13)16(19)20)11-4-3-5-12(8-11)18-23(2,21)22/h3-10,18H,1-2H3. The first-order valence-corrected chi connectivity index (χ1v) is 8.76. The van der Waals surface area contributed by atoms with Crippen molar-refractivity contribution < 1.29 is 8.42 Å². The molecule has 1 aromatic carbocycles. The van der Waals surface area contributed by atoms with Crippen LogP contribution in [0.5, 0.6) is 0 Å². The highest BCUT2D eigenvalue weighted by atomic mass is 32.2. The molecule has 0 radical (unpaired) electrons. The van der Waals surface area contributed by atoms with Gasteiger partial charge in [0, 0.05) is 36.9 Å². The maximum Gasteiger partial charge on any atom is 0.259 e. The Morgan fingerprint density at radius 1 is 1.17 bits per heavy atom. The number of pyridine rings is 2. The van der Waals surface area contributed by atoms with E-state index in [0.29, 0.717) is 11.1 Å². The molecule has 2 heterocycles. The molecule has 118 valence electrons. The predicted molar refractivity (Wildman–Crippen MR) is 90.9 cm³/mol. The molecule has 0 spiro atoms. The lowest BCUT2D eigenvalue weighted by molar-refractivity contribution is 0.607. The SMILES string of the molecule is Cn1cc(-c2cccc(NS(C)(=O)=O)c2)c2ccncc2c1=O. The number of rotatable bonds is 3. The Morgan fingerprint density at radius 3 is 2.70 bits per heavy atom. The quantitative estimate of drug-likeness (QED) is 0.796. The number of nitrogens with one attached hydrogen (secondary N) is 1. The molecule has 0 aliphatic heterocycles. The Labute approximate surface area is 133 Å². The second kappa shape index (κ2) is 5.51. The number of hydrogen-bond acceptors (Lipinski definition) is 4. The maximum absolute atomic E-state index is 12.2. The summed E-state index contributed by atoms with van der Waals surface area (Å²) in [6, 6.07) is 8.83. The predicted octanol–water partition coefficient (Wildman–Crippen LogP) is 1.97. The van der Waals surface area contributed by atoms with E-state index in [1.165, 1.54) is 4.57 Å². The van der Waals surface area contributed by atoms with Crippen molar-refractivity contribution in [2.75, 3.05) is 11.0 Å². The Morgan fingerprint density at radius 2 is 1.96 bits per heavy atom. The third kappa shape index (κ3) is 3.09. The lowest BCUT2D eigenvalue weighted by Crippen LogP contribution is -2.16. The van der Waals surface area contributed by atoms with Crippen LogP contribution in [0.1, 0.15) is 0 Å². The topological polar surface area (TPSA) is 81.1 Å². The van der Waals surface area contributed by atoms with Gasteiger partial charge in [0.25, 0.3) is 5.56 Å². The Bertz CT molecular complexity index is 1060. The van der Waals surface area contributed by atoms with Crippen LogP contribution >= 0.6 is 0 Å². The maximum atomic E-state index is 12.2. The fourth-order valence-electron chi connectivity index (χ4n) is 2.51. The van der Waals surface area contributed by atoms with Gasteiger partial charge in [-0.2, -0.15) is 0 Å². The van der Waals surface area contributed by atoms with E-state index in [2.05, 4.69) is 9.71 Å². The molecular weight excluding hydrogens is 314 g/mol. The number of aromatic nitrogens is 2. The van der Waals surface area contributed by atoms with Crippen molar-refractivity contribution in [3.63, 3.8) is 0 Å². The number of fused-ring (bicyclic) bond motifs is 1. The average molecular weight is 329 g/mol. The summed E-state index contributed by atoms with van der Waals surface area (Å²) in [6.07, 6.45) is 6.01. The number of sulfonamides is 1. The van der Waals surface area contributed by atoms with Gasteiger partial charge in [0.05, 0.1) is 11.6 Å². The third-order valence-corrected chi connectivity index (χ3v) is 4.07. The Balaban J connectivity index is 2.24. The highest BCUT2D eigenvalue weighted by molar-refractivity contribution is 7.92. The molecule has 0 saturated heterocycles. The fourth-order valence-corrected chi connectivity index (χ4v) is 3.06. The molecule has 0 aliphatic rings. The molecular formula is C16H15N3O3S. The largest absolute Gasteiger partial charge is 0.317 e.